The molecule has 18 heavy (non-hydrogen) atoms. The molecule has 6 nitrogen and oxygen atoms in total. The topological polar surface area (TPSA) is 105 Å². The molecule has 0 aliphatic carbocycles. The summed E-state index contributed by atoms with van der Waals surface area (Å²) in [7, 11) is -2.65. The van der Waals surface area contributed by atoms with Crippen LogP contribution in [0.4, 0.5) is 0 Å². The summed E-state index contributed by atoms with van der Waals surface area (Å²) in [6.45, 7) is 0. The highest BCUT2D eigenvalue weighted by molar-refractivity contribution is 7.61. The van der Waals surface area contributed by atoms with E-state index in [1.54, 1.807) is 6.20 Å². The molecule has 1 aromatic carbocycles. The molecular weight excluding hydrogens is 254 g/mol. The van der Waals surface area contributed by atoms with Crippen LogP contribution in [-0.2, 0) is 21.7 Å². The number of benzene rings is 1. The Bertz CT molecular complexity index is 710. The molecule has 0 saturated heterocycles. The molecule has 0 aliphatic heterocycles. The first-order valence-corrected chi connectivity index (χ1v) is 6.25. The third-order valence-corrected chi connectivity index (χ3v) is 3.06. The van der Waals surface area contributed by atoms with Crippen LogP contribution in [0.1, 0.15) is 5.56 Å². The predicted octanol–water partition coefficient (Wildman–Crippen LogP) is 0.627. The second-order valence-corrected chi connectivity index (χ2v) is 4.45. The van der Waals surface area contributed by atoms with Crippen molar-refractivity contribution in [3.8, 4) is 0 Å². The standard InChI is InChI=1S/C11H11N3O3S/c12-11(15)10(14-18(16)17)5-7-6-13-9-4-2-1-3-8(7)9/h1-4,6,10,13H,5H2,(H2,12,15)/t10-/m0/s1. The number of carbonyl (C=O) groups excluding carboxylic acids is 1. The van der Waals surface area contributed by atoms with Crippen LogP contribution in [0.15, 0.2) is 34.8 Å². The van der Waals surface area contributed by atoms with Crippen molar-refractivity contribution in [3.05, 3.63) is 36.0 Å². The number of aromatic amines is 1. The summed E-state index contributed by atoms with van der Waals surface area (Å²) in [6.07, 6.45) is 1.89. The van der Waals surface area contributed by atoms with Gasteiger partial charge in [-0.2, -0.15) is 12.8 Å². The molecule has 1 heterocycles. The monoisotopic (exact) mass is 265 g/mol. The van der Waals surface area contributed by atoms with Gasteiger partial charge in [0.2, 0.25) is 5.91 Å². The number of primary amides is 1. The van der Waals surface area contributed by atoms with Crippen LogP contribution in [0.25, 0.3) is 10.9 Å². The van der Waals surface area contributed by atoms with Crippen molar-refractivity contribution in [1.29, 1.82) is 0 Å². The van der Waals surface area contributed by atoms with Gasteiger partial charge in [0.25, 0.3) is 0 Å². The molecule has 0 saturated carbocycles. The van der Waals surface area contributed by atoms with Crippen LogP contribution in [0.2, 0.25) is 0 Å². The van der Waals surface area contributed by atoms with Crippen LogP contribution in [0.5, 0.6) is 0 Å². The number of H-pyrrole nitrogens is 1. The zero-order valence-electron chi connectivity index (χ0n) is 9.33. The minimum absolute atomic E-state index is 0.160. The van der Waals surface area contributed by atoms with Crippen LogP contribution in [-0.4, -0.2) is 25.4 Å². The fraction of sp³-hybridized carbons (Fsp3) is 0.182. The van der Waals surface area contributed by atoms with Gasteiger partial charge in [-0.15, -0.1) is 0 Å². The summed E-state index contributed by atoms with van der Waals surface area (Å²) in [4.78, 5) is 14.2. The lowest BCUT2D eigenvalue weighted by molar-refractivity contribution is -0.119. The molecule has 0 radical (unpaired) electrons. The molecule has 1 atom stereocenters. The van der Waals surface area contributed by atoms with Crippen molar-refractivity contribution in [1.82, 2.24) is 4.98 Å². The van der Waals surface area contributed by atoms with Crippen LogP contribution < -0.4 is 5.73 Å². The first-order valence-electron chi connectivity index (χ1n) is 5.22. The van der Waals surface area contributed by atoms with Gasteiger partial charge in [-0.25, -0.2) is 0 Å². The largest absolute Gasteiger partial charge is 0.368 e. The molecular formula is C11H11N3O3S. The van der Waals surface area contributed by atoms with E-state index in [0.717, 1.165) is 16.5 Å². The smallest absolute Gasteiger partial charge is 0.311 e. The highest BCUT2D eigenvalue weighted by Gasteiger charge is 2.17. The minimum Gasteiger partial charge on any atom is -0.368 e. The van der Waals surface area contributed by atoms with Crippen LogP contribution in [0, 0.1) is 0 Å². The Kier molecular flexibility index (Phi) is 3.42. The third kappa shape index (κ3) is 2.57. The average molecular weight is 265 g/mol. The van der Waals surface area contributed by atoms with E-state index < -0.39 is 22.4 Å². The van der Waals surface area contributed by atoms with Crippen molar-refractivity contribution in [2.45, 2.75) is 12.5 Å². The Morgan fingerprint density at radius 3 is 2.78 bits per heavy atom. The maximum absolute atomic E-state index is 11.1. The van der Waals surface area contributed by atoms with Crippen LogP contribution in [0.3, 0.4) is 0 Å². The second kappa shape index (κ2) is 5.01. The molecule has 0 bridgehead atoms. The fourth-order valence-corrected chi connectivity index (χ4v) is 2.19. The number of para-hydroxylation sites is 1. The molecule has 0 fully saturated rings. The minimum atomic E-state index is -2.65. The Hall–Kier alpha value is -2.15. The maximum atomic E-state index is 11.1. The zero-order valence-corrected chi connectivity index (χ0v) is 10.1. The third-order valence-electron chi connectivity index (χ3n) is 2.63. The first kappa shape index (κ1) is 12.3. The summed E-state index contributed by atoms with van der Waals surface area (Å²) in [6, 6.07) is 6.45. The van der Waals surface area contributed by atoms with Gasteiger partial charge in [0.1, 0.15) is 6.04 Å². The van der Waals surface area contributed by atoms with E-state index in [9.17, 15) is 13.2 Å². The highest BCUT2D eigenvalue weighted by Crippen LogP contribution is 2.19. The van der Waals surface area contributed by atoms with E-state index in [2.05, 4.69) is 9.35 Å². The van der Waals surface area contributed by atoms with E-state index in [4.69, 9.17) is 5.73 Å². The number of rotatable bonds is 4. The van der Waals surface area contributed by atoms with Gasteiger partial charge >= 0.3 is 10.5 Å². The molecule has 1 aromatic heterocycles. The van der Waals surface area contributed by atoms with Crippen molar-refractivity contribution in [2.75, 3.05) is 0 Å². The van der Waals surface area contributed by atoms with Crippen molar-refractivity contribution < 1.29 is 13.2 Å². The first-order chi connectivity index (χ1) is 8.58. The lowest BCUT2D eigenvalue weighted by atomic mass is 10.1. The SMILES string of the molecule is NC(=O)[C@H](Cc1c[nH]c2ccccc12)N=S(=O)=O. The molecule has 2 rings (SSSR count). The van der Waals surface area contributed by atoms with E-state index in [0.29, 0.717) is 0 Å². The summed E-state index contributed by atoms with van der Waals surface area (Å²) in [5.74, 6) is -0.760. The van der Waals surface area contributed by atoms with Gasteiger partial charge in [0, 0.05) is 23.5 Å². The normalized spacial score (nSPS) is 12.2. The summed E-state index contributed by atoms with van der Waals surface area (Å²) < 4.78 is 24.3. The van der Waals surface area contributed by atoms with Crippen molar-refractivity contribution in [3.63, 3.8) is 0 Å². The van der Waals surface area contributed by atoms with E-state index in [1.165, 1.54) is 0 Å². The lowest BCUT2D eigenvalue weighted by Gasteiger charge is -2.04. The molecule has 94 valence electrons. The summed E-state index contributed by atoms with van der Waals surface area (Å²) in [5, 5.41) is 0.927. The molecule has 2 aromatic rings. The number of hydrogen-bond donors (Lipinski definition) is 2. The fourth-order valence-electron chi connectivity index (χ4n) is 1.80. The molecule has 0 spiro atoms. The highest BCUT2D eigenvalue weighted by atomic mass is 32.2. The maximum Gasteiger partial charge on any atom is 0.311 e. The number of hydrogen-bond acceptors (Lipinski definition) is 4. The summed E-state index contributed by atoms with van der Waals surface area (Å²) >= 11 is 0. The Morgan fingerprint density at radius 2 is 2.11 bits per heavy atom. The number of aromatic nitrogens is 1. The average Bonchev–Trinajstić information content (AvgIpc) is 2.71. The quantitative estimate of drug-likeness (QED) is 0.846. The number of nitrogens with two attached hydrogens (primary N) is 1. The molecule has 0 unspecified atom stereocenters. The van der Waals surface area contributed by atoms with Gasteiger partial charge in [-0.05, 0) is 11.6 Å². The Balaban J connectivity index is 2.37. The van der Waals surface area contributed by atoms with Gasteiger partial charge in [0.15, 0.2) is 0 Å². The van der Waals surface area contributed by atoms with Gasteiger partial charge in [-0.1, -0.05) is 18.2 Å². The number of nitrogens with zero attached hydrogens (tertiary/aromatic N) is 1. The number of nitrogens with one attached hydrogen (secondary N) is 1. The molecule has 7 heteroatoms. The molecule has 3 N–H and O–H groups in total. The number of amides is 1. The van der Waals surface area contributed by atoms with Gasteiger partial charge in [-0.3, -0.25) is 4.79 Å². The van der Waals surface area contributed by atoms with E-state index in [1.807, 2.05) is 24.3 Å². The van der Waals surface area contributed by atoms with E-state index >= 15 is 0 Å². The van der Waals surface area contributed by atoms with Gasteiger partial charge < -0.3 is 10.7 Å². The van der Waals surface area contributed by atoms with E-state index in [-0.39, 0.29) is 6.42 Å². The summed E-state index contributed by atoms with van der Waals surface area (Å²) in [5.41, 5.74) is 6.85. The Labute approximate surface area is 105 Å². The number of carbonyl (C=O) groups is 1. The zero-order chi connectivity index (χ0) is 13.1. The molecule has 1 amide bonds. The number of fused-ring (bicyclic) bond motifs is 1. The predicted molar refractivity (Wildman–Crippen MR) is 66.3 cm³/mol. The lowest BCUT2D eigenvalue weighted by Crippen LogP contribution is -2.28. The second-order valence-electron chi connectivity index (χ2n) is 3.80. The van der Waals surface area contributed by atoms with Crippen LogP contribution >= 0.6 is 0 Å². The van der Waals surface area contributed by atoms with Gasteiger partial charge in [0.05, 0.1) is 0 Å². The van der Waals surface area contributed by atoms with Crippen molar-refractivity contribution >= 4 is 27.3 Å². The van der Waals surface area contributed by atoms with Crippen molar-refractivity contribution in [2.24, 2.45) is 10.1 Å². The molecule has 0 aliphatic rings. The Morgan fingerprint density at radius 1 is 1.39 bits per heavy atom.